The van der Waals surface area contributed by atoms with E-state index in [1.54, 1.807) is 12.1 Å². The van der Waals surface area contributed by atoms with Crippen molar-refractivity contribution in [2.24, 2.45) is 0 Å². The summed E-state index contributed by atoms with van der Waals surface area (Å²) in [4.78, 5) is 18.6. The first kappa shape index (κ1) is 13.8. The number of carbonyl (C=O) groups excluding carboxylic acids is 1. The van der Waals surface area contributed by atoms with Gasteiger partial charge in [0.05, 0.1) is 6.42 Å². The second-order valence-electron chi connectivity index (χ2n) is 5.36. The maximum absolute atomic E-state index is 12.1. The van der Waals surface area contributed by atoms with Crippen molar-refractivity contribution in [3.63, 3.8) is 0 Å². The predicted octanol–water partition coefficient (Wildman–Crippen LogP) is 2.88. The second-order valence-corrected chi connectivity index (χ2v) is 5.36. The van der Waals surface area contributed by atoms with Crippen LogP contribution in [0.4, 0.5) is 5.95 Å². The summed E-state index contributed by atoms with van der Waals surface area (Å²) >= 11 is 0. The molecule has 1 aromatic carbocycles. The van der Waals surface area contributed by atoms with E-state index in [2.05, 4.69) is 15.0 Å². The molecule has 0 spiro atoms. The molecular weight excluding hydrogens is 266 g/mol. The van der Waals surface area contributed by atoms with Crippen LogP contribution in [0.15, 0.2) is 34.9 Å². The van der Waals surface area contributed by atoms with Gasteiger partial charge in [-0.1, -0.05) is 43.2 Å². The summed E-state index contributed by atoms with van der Waals surface area (Å²) in [5.74, 6) is 1.01. The fraction of sp³-hybridized carbons (Fsp3) is 0.438. The fourth-order valence-corrected chi connectivity index (χ4v) is 2.58. The minimum Gasteiger partial charge on any atom is -0.338 e. The van der Waals surface area contributed by atoms with Crippen LogP contribution in [-0.2, 0) is 6.42 Å². The Bertz CT molecular complexity index is 587. The number of rotatable bonds is 4. The van der Waals surface area contributed by atoms with Crippen LogP contribution in [0.25, 0.3) is 0 Å². The van der Waals surface area contributed by atoms with Crippen molar-refractivity contribution in [3.8, 4) is 0 Å². The molecular formula is C16H19N3O2. The van der Waals surface area contributed by atoms with Crippen molar-refractivity contribution in [2.45, 2.75) is 32.1 Å². The third-order valence-electron chi connectivity index (χ3n) is 3.75. The SMILES string of the molecule is O=C(Cc1nc(N2CCCCCC2)no1)c1ccccc1. The Morgan fingerprint density at radius 3 is 2.52 bits per heavy atom. The van der Waals surface area contributed by atoms with Gasteiger partial charge in [-0.2, -0.15) is 4.98 Å². The highest BCUT2D eigenvalue weighted by Crippen LogP contribution is 2.17. The van der Waals surface area contributed by atoms with Gasteiger partial charge >= 0.3 is 0 Å². The quantitative estimate of drug-likeness (QED) is 0.808. The maximum atomic E-state index is 12.1. The maximum Gasteiger partial charge on any atom is 0.266 e. The summed E-state index contributed by atoms with van der Waals surface area (Å²) in [6.07, 6.45) is 4.99. The summed E-state index contributed by atoms with van der Waals surface area (Å²) in [5, 5.41) is 4.02. The largest absolute Gasteiger partial charge is 0.338 e. The lowest BCUT2D eigenvalue weighted by molar-refractivity contribution is 0.0983. The van der Waals surface area contributed by atoms with Crippen LogP contribution < -0.4 is 4.90 Å². The Balaban J connectivity index is 1.66. The van der Waals surface area contributed by atoms with Gasteiger partial charge in [-0.3, -0.25) is 4.79 Å². The first-order chi connectivity index (χ1) is 10.3. The van der Waals surface area contributed by atoms with Gasteiger partial charge in [0.1, 0.15) is 0 Å². The molecule has 2 heterocycles. The Labute approximate surface area is 124 Å². The van der Waals surface area contributed by atoms with Crippen LogP contribution in [0.2, 0.25) is 0 Å². The molecule has 1 aromatic heterocycles. The zero-order valence-corrected chi connectivity index (χ0v) is 12.0. The van der Waals surface area contributed by atoms with Crippen LogP contribution in [0.5, 0.6) is 0 Å². The number of hydrogen-bond donors (Lipinski definition) is 0. The normalized spacial score (nSPS) is 15.7. The fourth-order valence-electron chi connectivity index (χ4n) is 2.58. The van der Waals surface area contributed by atoms with Crippen LogP contribution >= 0.6 is 0 Å². The van der Waals surface area contributed by atoms with E-state index in [9.17, 15) is 4.79 Å². The van der Waals surface area contributed by atoms with E-state index in [0.29, 0.717) is 17.4 Å². The van der Waals surface area contributed by atoms with Gasteiger partial charge in [0.2, 0.25) is 5.89 Å². The topological polar surface area (TPSA) is 59.2 Å². The van der Waals surface area contributed by atoms with Crippen molar-refractivity contribution in [1.29, 1.82) is 0 Å². The van der Waals surface area contributed by atoms with Crippen molar-refractivity contribution in [3.05, 3.63) is 41.8 Å². The first-order valence-electron chi connectivity index (χ1n) is 7.49. The number of carbonyl (C=O) groups is 1. The molecule has 110 valence electrons. The molecule has 0 atom stereocenters. The minimum absolute atomic E-state index is 0.00154. The Kier molecular flexibility index (Phi) is 4.28. The van der Waals surface area contributed by atoms with E-state index in [1.165, 1.54) is 12.8 Å². The van der Waals surface area contributed by atoms with Crippen LogP contribution in [0.1, 0.15) is 41.9 Å². The monoisotopic (exact) mass is 285 g/mol. The number of Topliss-reactive ketones (excluding diaryl/α,β-unsaturated/α-hetero) is 1. The smallest absolute Gasteiger partial charge is 0.266 e. The van der Waals surface area contributed by atoms with E-state index >= 15 is 0 Å². The summed E-state index contributed by atoms with van der Waals surface area (Å²) in [7, 11) is 0. The Morgan fingerprint density at radius 1 is 1.10 bits per heavy atom. The Morgan fingerprint density at radius 2 is 1.81 bits per heavy atom. The van der Waals surface area contributed by atoms with Crippen molar-refractivity contribution in [1.82, 2.24) is 10.1 Å². The van der Waals surface area contributed by atoms with Gasteiger partial charge in [-0.05, 0) is 18.0 Å². The van der Waals surface area contributed by atoms with Crippen molar-refractivity contribution < 1.29 is 9.32 Å². The molecule has 0 N–H and O–H groups in total. The molecule has 5 nitrogen and oxygen atoms in total. The molecule has 0 bridgehead atoms. The van der Waals surface area contributed by atoms with Gasteiger partial charge in [0, 0.05) is 18.7 Å². The molecule has 0 unspecified atom stereocenters. The molecule has 1 fully saturated rings. The molecule has 0 aliphatic carbocycles. The summed E-state index contributed by atoms with van der Waals surface area (Å²) in [6, 6.07) is 9.19. The van der Waals surface area contributed by atoms with E-state index in [4.69, 9.17) is 4.52 Å². The lowest BCUT2D eigenvalue weighted by Gasteiger charge is -2.16. The molecule has 21 heavy (non-hydrogen) atoms. The number of anilines is 1. The first-order valence-corrected chi connectivity index (χ1v) is 7.49. The standard InChI is InChI=1S/C16H19N3O2/c20-14(13-8-4-3-5-9-13)12-15-17-16(18-21-15)19-10-6-1-2-7-11-19/h3-5,8-9H,1-2,6-7,10-12H2. The second kappa shape index (κ2) is 6.52. The number of hydrogen-bond acceptors (Lipinski definition) is 5. The minimum atomic E-state index is 0.00154. The number of benzene rings is 1. The Hall–Kier alpha value is -2.17. The van der Waals surface area contributed by atoms with Crippen LogP contribution in [0.3, 0.4) is 0 Å². The predicted molar refractivity (Wildman–Crippen MR) is 79.5 cm³/mol. The number of nitrogens with zero attached hydrogens (tertiary/aromatic N) is 3. The van der Waals surface area contributed by atoms with Crippen LogP contribution in [-0.4, -0.2) is 29.0 Å². The van der Waals surface area contributed by atoms with Crippen molar-refractivity contribution in [2.75, 3.05) is 18.0 Å². The van der Waals surface area contributed by atoms with Crippen LogP contribution in [0, 0.1) is 0 Å². The third kappa shape index (κ3) is 3.48. The molecule has 1 saturated heterocycles. The van der Waals surface area contributed by atoms with E-state index in [-0.39, 0.29) is 12.2 Å². The zero-order valence-electron chi connectivity index (χ0n) is 12.0. The number of ketones is 1. The average molecular weight is 285 g/mol. The molecule has 1 aliphatic rings. The van der Waals surface area contributed by atoms with Gasteiger partial charge in [0.25, 0.3) is 5.95 Å². The number of aromatic nitrogens is 2. The molecule has 0 amide bonds. The molecule has 2 aromatic rings. The average Bonchev–Trinajstić information content (AvgIpc) is 2.81. The highest BCUT2D eigenvalue weighted by atomic mass is 16.5. The lowest BCUT2D eigenvalue weighted by atomic mass is 10.1. The molecule has 0 saturated carbocycles. The molecule has 0 radical (unpaired) electrons. The lowest BCUT2D eigenvalue weighted by Crippen LogP contribution is -2.25. The molecule has 1 aliphatic heterocycles. The summed E-state index contributed by atoms with van der Waals surface area (Å²) < 4.78 is 5.23. The zero-order chi connectivity index (χ0) is 14.5. The molecule has 3 rings (SSSR count). The third-order valence-corrected chi connectivity index (χ3v) is 3.75. The highest BCUT2D eigenvalue weighted by molar-refractivity contribution is 5.96. The van der Waals surface area contributed by atoms with Gasteiger partial charge in [-0.15, -0.1) is 0 Å². The van der Waals surface area contributed by atoms with Gasteiger partial charge in [-0.25, -0.2) is 0 Å². The van der Waals surface area contributed by atoms with Gasteiger partial charge < -0.3 is 9.42 Å². The van der Waals surface area contributed by atoms with E-state index < -0.39 is 0 Å². The van der Waals surface area contributed by atoms with Gasteiger partial charge in [0.15, 0.2) is 5.78 Å². The molecule has 5 heteroatoms. The van der Waals surface area contributed by atoms with E-state index in [0.717, 1.165) is 25.9 Å². The summed E-state index contributed by atoms with van der Waals surface area (Å²) in [5.41, 5.74) is 0.673. The van der Waals surface area contributed by atoms with E-state index in [1.807, 2.05) is 18.2 Å². The summed E-state index contributed by atoms with van der Waals surface area (Å²) in [6.45, 7) is 1.93. The highest BCUT2D eigenvalue weighted by Gasteiger charge is 2.17. The van der Waals surface area contributed by atoms with Crippen molar-refractivity contribution >= 4 is 11.7 Å².